The quantitative estimate of drug-likeness (QED) is 0.782. The van der Waals surface area contributed by atoms with Gasteiger partial charge in [-0.25, -0.2) is 0 Å². The van der Waals surface area contributed by atoms with Crippen molar-refractivity contribution in [2.75, 3.05) is 39.8 Å². The van der Waals surface area contributed by atoms with E-state index < -0.39 is 0 Å². The maximum absolute atomic E-state index is 12.8. The average molecular weight is 348 g/mol. The van der Waals surface area contributed by atoms with E-state index in [-0.39, 0.29) is 5.91 Å². The Morgan fingerprint density at radius 3 is 2.28 bits per heavy atom. The van der Waals surface area contributed by atoms with E-state index >= 15 is 0 Å². The van der Waals surface area contributed by atoms with E-state index in [4.69, 9.17) is 0 Å². The highest BCUT2D eigenvalue weighted by Gasteiger charge is 2.61. The van der Waals surface area contributed by atoms with Crippen LogP contribution in [0.25, 0.3) is 0 Å². The molecule has 0 bridgehead atoms. The summed E-state index contributed by atoms with van der Waals surface area (Å²) in [5.41, 5.74) is 0.406. The van der Waals surface area contributed by atoms with Crippen molar-refractivity contribution in [3.8, 4) is 0 Å². The van der Waals surface area contributed by atoms with Gasteiger partial charge >= 0.3 is 0 Å². The van der Waals surface area contributed by atoms with E-state index in [0.717, 1.165) is 32.5 Å². The summed E-state index contributed by atoms with van der Waals surface area (Å²) in [6.07, 6.45) is 10.9. The molecular weight excluding hydrogens is 314 g/mol. The van der Waals surface area contributed by atoms with Gasteiger partial charge in [0.25, 0.3) is 0 Å². The molecular formula is C20H33N3O2. The first-order valence-corrected chi connectivity index (χ1v) is 10.4. The van der Waals surface area contributed by atoms with Crippen LogP contribution >= 0.6 is 0 Å². The Hall–Kier alpha value is -1.10. The Kier molecular flexibility index (Phi) is 4.78. The van der Waals surface area contributed by atoms with Crippen LogP contribution in [0, 0.1) is 11.3 Å². The maximum atomic E-state index is 12.8. The molecule has 25 heavy (non-hydrogen) atoms. The molecule has 1 heterocycles. The SMILES string of the molecule is CN(CC(=O)N1CCCN(C(=O)C2CC23CCC3)CC1)C1CCCC1. The summed E-state index contributed by atoms with van der Waals surface area (Å²) < 4.78 is 0. The molecule has 4 aliphatic rings. The molecule has 0 radical (unpaired) electrons. The highest BCUT2D eigenvalue weighted by molar-refractivity contribution is 5.83. The molecule has 140 valence electrons. The van der Waals surface area contributed by atoms with Gasteiger partial charge in [0, 0.05) is 38.1 Å². The van der Waals surface area contributed by atoms with Gasteiger partial charge in [-0.3, -0.25) is 14.5 Å². The van der Waals surface area contributed by atoms with Crippen molar-refractivity contribution in [2.24, 2.45) is 11.3 Å². The van der Waals surface area contributed by atoms with Gasteiger partial charge in [-0.2, -0.15) is 0 Å². The van der Waals surface area contributed by atoms with Crippen molar-refractivity contribution < 1.29 is 9.59 Å². The zero-order valence-corrected chi connectivity index (χ0v) is 15.7. The van der Waals surface area contributed by atoms with Crippen molar-refractivity contribution in [3.05, 3.63) is 0 Å². The number of hydrogen-bond acceptors (Lipinski definition) is 3. The fourth-order valence-corrected chi connectivity index (χ4v) is 5.28. The fourth-order valence-electron chi connectivity index (χ4n) is 5.28. The summed E-state index contributed by atoms with van der Waals surface area (Å²) in [6.45, 7) is 3.60. The zero-order chi connectivity index (χ0) is 17.4. The third-order valence-corrected chi connectivity index (χ3v) is 7.33. The maximum Gasteiger partial charge on any atom is 0.236 e. The average Bonchev–Trinajstić information content (AvgIpc) is 3.21. The molecule has 1 spiro atoms. The van der Waals surface area contributed by atoms with Crippen LogP contribution in [-0.2, 0) is 9.59 Å². The number of carbonyl (C=O) groups is 2. The van der Waals surface area contributed by atoms with Gasteiger partial charge in [-0.15, -0.1) is 0 Å². The molecule has 5 nitrogen and oxygen atoms in total. The van der Waals surface area contributed by atoms with E-state index in [2.05, 4.69) is 11.9 Å². The summed E-state index contributed by atoms with van der Waals surface area (Å²) in [5.74, 6) is 0.916. The number of carbonyl (C=O) groups excluding carboxylic acids is 2. The Balaban J connectivity index is 1.26. The Morgan fingerprint density at radius 2 is 1.64 bits per heavy atom. The Bertz CT molecular complexity index is 525. The third-order valence-electron chi connectivity index (χ3n) is 7.33. The molecule has 1 atom stereocenters. The Labute approximate surface area is 151 Å². The molecule has 0 aromatic rings. The van der Waals surface area contributed by atoms with Crippen LogP contribution in [0.3, 0.4) is 0 Å². The molecule has 1 aliphatic heterocycles. The van der Waals surface area contributed by atoms with Crippen LogP contribution in [-0.4, -0.2) is 72.3 Å². The fraction of sp³-hybridized carbons (Fsp3) is 0.900. The van der Waals surface area contributed by atoms with E-state index in [1.54, 1.807) is 0 Å². The van der Waals surface area contributed by atoms with E-state index in [0.29, 0.717) is 36.4 Å². The summed E-state index contributed by atoms with van der Waals surface area (Å²) in [4.78, 5) is 31.7. The lowest BCUT2D eigenvalue weighted by Gasteiger charge is -2.29. The number of likely N-dealkylation sites (N-methyl/N-ethyl adjacent to an activating group) is 1. The standard InChI is InChI=1S/C20H33N3O2/c1-21(16-6-2-3-7-16)15-18(24)22-10-5-11-23(13-12-22)19(25)17-14-20(17)8-4-9-20/h16-17H,2-15H2,1H3. The highest BCUT2D eigenvalue weighted by atomic mass is 16.2. The lowest BCUT2D eigenvalue weighted by molar-refractivity contribution is -0.135. The number of amides is 2. The van der Waals surface area contributed by atoms with Crippen molar-refractivity contribution in [2.45, 2.75) is 63.8 Å². The second-order valence-corrected chi connectivity index (χ2v) is 8.89. The minimum atomic E-state index is 0.241. The van der Waals surface area contributed by atoms with Gasteiger partial charge in [0.1, 0.15) is 0 Å². The molecule has 5 heteroatoms. The number of nitrogens with zero attached hydrogens (tertiary/aromatic N) is 3. The molecule has 0 aromatic heterocycles. The first kappa shape index (κ1) is 17.3. The zero-order valence-electron chi connectivity index (χ0n) is 15.7. The molecule has 3 saturated carbocycles. The molecule has 4 rings (SSSR count). The first-order chi connectivity index (χ1) is 12.1. The summed E-state index contributed by atoms with van der Waals surface area (Å²) in [6, 6.07) is 0.586. The molecule has 0 N–H and O–H groups in total. The van der Waals surface area contributed by atoms with Crippen LogP contribution in [0.4, 0.5) is 0 Å². The van der Waals surface area contributed by atoms with E-state index in [1.165, 1.54) is 44.9 Å². The van der Waals surface area contributed by atoms with Crippen molar-refractivity contribution in [3.63, 3.8) is 0 Å². The molecule has 2 amide bonds. The normalized spacial score (nSPS) is 29.0. The third kappa shape index (κ3) is 3.44. The molecule has 1 saturated heterocycles. The monoisotopic (exact) mass is 347 g/mol. The van der Waals surface area contributed by atoms with Gasteiger partial charge < -0.3 is 9.80 Å². The minimum Gasteiger partial charge on any atom is -0.341 e. The smallest absolute Gasteiger partial charge is 0.236 e. The summed E-state index contributed by atoms with van der Waals surface area (Å²) in [7, 11) is 2.09. The molecule has 3 aliphatic carbocycles. The van der Waals surface area contributed by atoms with Gasteiger partial charge in [0.2, 0.25) is 11.8 Å². The van der Waals surface area contributed by atoms with Crippen LogP contribution in [0.5, 0.6) is 0 Å². The van der Waals surface area contributed by atoms with Crippen molar-refractivity contribution >= 4 is 11.8 Å². The minimum absolute atomic E-state index is 0.241. The number of hydrogen-bond donors (Lipinski definition) is 0. The lowest BCUT2D eigenvalue weighted by atomic mass is 9.79. The van der Waals surface area contributed by atoms with E-state index in [9.17, 15) is 9.59 Å². The van der Waals surface area contributed by atoms with Gasteiger partial charge in [-0.05, 0) is 51.0 Å². The largest absolute Gasteiger partial charge is 0.341 e. The molecule has 0 aromatic carbocycles. The second kappa shape index (κ2) is 6.90. The lowest BCUT2D eigenvalue weighted by Crippen LogP contribution is -2.44. The first-order valence-electron chi connectivity index (χ1n) is 10.4. The number of rotatable bonds is 4. The van der Waals surface area contributed by atoms with Gasteiger partial charge in [-0.1, -0.05) is 19.3 Å². The summed E-state index contributed by atoms with van der Waals surface area (Å²) in [5, 5.41) is 0. The predicted octanol–water partition coefficient (Wildman–Crippen LogP) is 2.11. The summed E-state index contributed by atoms with van der Waals surface area (Å²) >= 11 is 0. The topological polar surface area (TPSA) is 43.9 Å². The van der Waals surface area contributed by atoms with E-state index in [1.807, 2.05) is 9.80 Å². The predicted molar refractivity (Wildman–Crippen MR) is 97.1 cm³/mol. The van der Waals surface area contributed by atoms with Crippen LogP contribution in [0.1, 0.15) is 57.8 Å². The second-order valence-electron chi connectivity index (χ2n) is 8.89. The van der Waals surface area contributed by atoms with Gasteiger partial charge in [0.15, 0.2) is 0 Å². The van der Waals surface area contributed by atoms with Crippen LogP contribution in [0.15, 0.2) is 0 Å². The highest BCUT2D eigenvalue weighted by Crippen LogP contribution is 2.65. The van der Waals surface area contributed by atoms with Crippen molar-refractivity contribution in [1.29, 1.82) is 0 Å². The van der Waals surface area contributed by atoms with Crippen molar-refractivity contribution in [1.82, 2.24) is 14.7 Å². The molecule has 1 unspecified atom stereocenters. The van der Waals surface area contributed by atoms with Gasteiger partial charge in [0.05, 0.1) is 6.54 Å². The van der Waals surface area contributed by atoms with Crippen LogP contribution < -0.4 is 0 Å². The Morgan fingerprint density at radius 1 is 0.960 bits per heavy atom. The molecule has 4 fully saturated rings. The van der Waals surface area contributed by atoms with Crippen LogP contribution in [0.2, 0.25) is 0 Å².